The number of nitrogens with one attached hydrogen (secondary N) is 1. The molecule has 0 unspecified atom stereocenters. The lowest BCUT2D eigenvalue weighted by molar-refractivity contribution is -0.124. The van der Waals surface area contributed by atoms with E-state index >= 15 is 0 Å². The molecule has 0 aliphatic carbocycles. The highest BCUT2D eigenvalue weighted by molar-refractivity contribution is 6.42. The van der Waals surface area contributed by atoms with Crippen molar-refractivity contribution in [1.29, 1.82) is 0 Å². The smallest absolute Gasteiger partial charge is 0.316 e. The quantitative estimate of drug-likeness (QED) is 0.588. The minimum atomic E-state index is -0.687. The summed E-state index contributed by atoms with van der Waals surface area (Å²) in [5, 5.41) is 2.36. The first-order valence-electron chi connectivity index (χ1n) is 4.84. The molecule has 6 heteroatoms. The second-order valence-corrected chi connectivity index (χ2v) is 3.60. The highest BCUT2D eigenvalue weighted by Crippen LogP contribution is 2.10. The van der Waals surface area contributed by atoms with E-state index in [2.05, 4.69) is 5.32 Å². The van der Waals surface area contributed by atoms with Crippen molar-refractivity contribution in [1.82, 2.24) is 4.90 Å². The van der Waals surface area contributed by atoms with Crippen LogP contribution in [0.15, 0.2) is 24.3 Å². The number of urea groups is 1. The molecule has 1 aromatic rings. The monoisotopic (exact) mass is 235 g/mol. The van der Waals surface area contributed by atoms with Gasteiger partial charge < -0.3 is 16.0 Å². The average Bonchev–Trinajstić information content (AvgIpc) is 2.27. The maximum Gasteiger partial charge on any atom is 0.316 e. The number of ketones is 1. The van der Waals surface area contributed by atoms with Gasteiger partial charge in [-0.25, -0.2) is 4.79 Å². The van der Waals surface area contributed by atoms with Crippen LogP contribution in [0.2, 0.25) is 0 Å². The van der Waals surface area contributed by atoms with E-state index in [0.717, 1.165) is 0 Å². The van der Waals surface area contributed by atoms with E-state index < -0.39 is 17.7 Å². The van der Waals surface area contributed by atoms with E-state index in [-0.39, 0.29) is 5.56 Å². The molecular weight excluding hydrogens is 222 g/mol. The highest BCUT2D eigenvalue weighted by atomic mass is 16.2. The van der Waals surface area contributed by atoms with Gasteiger partial charge in [-0.1, -0.05) is 0 Å². The molecule has 0 radical (unpaired) electrons. The lowest BCUT2D eigenvalue weighted by Crippen LogP contribution is -2.29. The van der Waals surface area contributed by atoms with Crippen LogP contribution in [0.25, 0.3) is 0 Å². The molecule has 17 heavy (non-hydrogen) atoms. The van der Waals surface area contributed by atoms with E-state index in [4.69, 9.17) is 5.73 Å². The zero-order valence-electron chi connectivity index (χ0n) is 9.56. The molecule has 0 atom stereocenters. The van der Waals surface area contributed by atoms with Crippen LogP contribution < -0.4 is 11.1 Å². The van der Waals surface area contributed by atoms with Crippen molar-refractivity contribution in [3.05, 3.63) is 29.8 Å². The molecule has 0 spiro atoms. The number of rotatable bonds is 3. The lowest BCUT2D eigenvalue weighted by Gasteiger charge is -2.09. The Balaban J connectivity index is 2.84. The summed E-state index contributed by atoms with van der Waals surface area (Å²) >= 11 is 0. The zero-order valence-corrected chi connectivity index (χ0v) is 9.56. The Morgan fingerprint density at radius 1 is 1.12 bits per heavy atom. The second kappa shape index (κ2) is 5.11. The molecule has 0 saturated heterocycles. The van der Waals surface area contributed by atoms with Gasteiger partial charge in [0.2, 0.25) is 5.78 Å². The predicted octanol–water partition coefficient (Wildman–Crippen LogP) is 0.448. The SMILES string of the molecule is CN(C)C(=O)C(=O)c1ccc(NC(N)=O)cc1. The predicted molar refractivity (Wildman–Crippen MR) is 62.7 cm³/mol. The maximum atomic E-state index is 11.6. The Kier molecular flexibility index (Phi) is 3.82. The molecule has 0 aliphatic rings. The van der Waals surface area contributed by atoms with E-state index in [1.54, 1.807) is 0 Å². The molecule has 3 N–H and O–H groups in total. The van der Waals surface area contributed by atoms with Gasteiger partial charge in [-0.2, -0.15) is 0 Å². The van der Waals surface area contributed by atoms with Crippen molar-refractivity contribution >= 4 is 23.4 Å². The number of amides is 3. The number of hydrogen-bond donors (Lipinski definition) is 2. The average molecular weight is 235 g/mol. The summed E-state index contributed by atoms with van der Waals surface area (Å²) in [5.74, 6) is -1.19. The molecule has 0 saturated carbocycles. The van der Waals surface area contributed by atoms with Gasteiger partial charge in [0, 0.05) is 25.3 Å². The summed E-state index contributed by atoms with van der Waals surface area (Å²) in [6.45, 7) is 0. The second-order valence-electron chi connectivity index (χ2n) is 3.60. The van der Waals surface area contributed by atoms with Crippen LogP contribution in [-0.4, -0.2) is 36.7 Å². The first-order valence-corrected chi connectivity index (χ1v) is 4.84. The van der Waals surface area contributed by atoms with Crippen molar-refractivity contribution in [2.24, 2.45) is 5.73 Å². The summed E-state index contributed by atoms with van der Waals surface area (Å²) in [7, 11) is 3.01. The Bertz CT molecular complexity index is 452. The van der Waals surface area contributed by atoms with Crippen LogP contribution in [0, 0.1) is 0 Å². The van der Waals surface area contributed by atoms with Crippen LogP contribution in [0.1, 0.15) is 10.4 Å². The lowest BCUT2D eigenvalue weighted by atomic mass is 10.1. The van der Waals surface area contributed by atoms with Crippen LogP contribution >= 0.6 is 0 Å². The van der Waals surface area contributed by atoms with Crippen molar-refractivity contribution in [2.45, 2.75) is 0 Å². The van der Waals surface area contributed by atoms with Gasteiger partial charge in [-0.3, -0.25) is 9.59 Å². The number of carbonyl (C=O) groups is 3. The number of carbonyl (C=O) groups excluding carboxylic acids is 3. The van der Waals surface area contributed by atoms with Crippen LogP contribution in [0.4, 0.5) is 10.5 Å². The zero-order chi connectivity index (χ0) is 13.0. The molecule has 1 rings (SSSR count). The highest BCUT2D eigenvalue weighted by Gasteiger charge is 2.17. The van der Waals surface area contributed by atoms with Crippen molar-refractivity contribution < 1.29 is 14.4 Å². The Morgan fingerprint density at radius 3 is 2.06 bits per heavy atom. The van der Waals surface area contributed by atoms with Gasteiger partial charge in [0.15, 0.2) is 0 Å². The van der Waals surface area contributed by atoms with Gasteiger partial charge in [0.1, 0.15) is 0 Å². The third kappa shape index (κ3) is 3.30. The molecule has 0 fully saturated rings. The number of Topliss-reactive ketones (excluding diaryl/α,β-unsaturated/α-hetero) is 1. The summed E-state index contributed by atoms with van der Waals surface area (Å²) in [4.78, 5) is 34.8. The molecule has 1 aromatic carbocycles. The number of primary amides is 1. The van der Waals surface area contributed by atoms with Gasteiger partial charge in [-0.05, 0) is 24.3 Å². The molecule has 0 aliphatic heterocycles. The topological polar surface area (TPSA) is 92.5 Å². The minimum Gasteiger partial charge on any atom is -0.351 e. The van der Waals surface area contributed by atoms with E-state index in [9.17, 15) is 14.4 Å². The third-order valence-electron chi connectivity index (χ3n) is 2.02. The third-order valence-corrected chi connectivity index (χ3v) is 2.02. The van der Waals surface area contributed by atoms with Crippen LogP contribution in [0.5, 0.6) is 0 Å². The number of nitrogens with zero attached hydrogens (tertiary/aromatic N) is 1. The largest absolute Gasteiger partial charge is 0.351 e. The normalized spacial score (nSPS) is 9.53. The fourth-order valence-corrected chi connectivity index (χ4v) is 1.17. The molecule has 6 nitrogen and oxygen atoms in total. The maximum absolute atomic E-state index is 11.6. The molecule has 90 valence electrons. The van der Waals surface area contributed by atoms with Gasteiger partial charge >= 0.3 is 6.03 Å². The van der Waals surface area contributed by atoms with Gasteiger partial charge in [0.05, 0.1) is 0 Å². The molecular formula is C11H13N3O3. The number of benzene rings is 1. The molecule has 3 amide bonds. The van der Waals surface area contributed by atoms with Crippen LogP contribution in [-0.2, 0) is 4.79 Å². The summed E-state index contributed by atoms with van der Waals surface area (Å²) in [6, 6.07) is 5.22. The standard InChI is InChI=1S/C11H13N3O3/c1-14(2)10(16)9(15)7-3-5-8(6-4-7)13-11(12)17/h3-6H,1-2H3,(H3,12,13,17). The van der Waals surface area contributed by atoms with Crippen LogP contribution in [0.3, 0.4) is 0 Å². The van der Waals surface area contributed by atoms with E-state index in [1.807, 2.05) is 0 Å². The molecule has 0 heterocycles. The fraction of sp³-hybridized carbons (Fsp3) is 0.182. The summed E-state index contributed by atoms with van der Waals surface area (Å²) < 4.78 is 0. The summed E-state index contributed by atoms with van der Waals surface area (Å²) in [5.41, 5.74) is 5.66. The number of likely N-dealkylation sites (N-methyl/N-ethyl adjacent to an activating group) is 1. The van der Waals surface area contributed by atoms with E-state index in [0.29, 0.717) is 5.69 Å². The molecule has 0 bridgehead atoms. The Hall–Kier alpha value is -2.37. The van der Waals surface area contributed by atoms with Gasteiger partial charge in [-0.15, -0.1) is 0 Å². The number of hydrogen-bond acceptors (Lipinski definition) is 3. The van der Waals surface area contributed by atoms with Crippen molar-refractivity contribution in [3.63, 3.8) is 0 Å². The summed E-state index contributed by atoms with van der Waals surface area (Å²) in [6.07, 6.45) is 0. The first kappa shape index (κ1) is 12.7. The van der Waals surface area contributed by atoms with Gasteiger partial charge in [0.25, 0.3) is 5.91 Å². The first-order chi connectivity index (χ1) is 7.91. The number of anilines is 1. The Labute approximate surface area is 98.4 Å². The van der Waals surface area contributed by atoms with Crippen molar-refractivity contribution in [2.75, 3.05) is 19.4 Å². The van der Waals surface area contributed by atoms with Crippen molar-refractivity contribution in [3.8, 4) is 0 Å². The fourth-order valence-electron chi connectivity index (χ4n) is 1.17. The number of nitrogens with two attached hydrogens (primary N) is 1. The minimum absolute atomic E-state index is 0.263. The Morgan fingerprint density at radius 2 is 1.65 bits per heavy atom. The van der Waals surface area contributed by atoms with E-state index in [1.165, 1.54) is 43.3 Å². The molecule has 0 aromatic heterocycles.